The molecular formula is C30H33N3O3. The molecule has 0 saturated heterocycles. The van der Waals surface area contributed by atoms with Gasteiger partial charge in [-0.3, -0.25) is 0 Å². The molecule has 0 amide bonds. The van der Waals surface area contributed by atoms with Gasteiger partial charge in [0.1, 0.15) is 0 Å². The summed E-state index contributed by atoms with van der Waals surface area (Å²) in [7, 11) is 0. The third kappa shape index (κ3) is 6.07. The molecule has 1 aliphatic rings. The first kappa shape index (κ1) is 25.3. The molecule has 6 heteroatoms. The van der Waals surface area contributed by atoms with E-state index in [0.29, 0.717) is 23.7 Å². The number of carboxylic acids is 1. The van der Waals surface area contributed by atoms with E-state index in [1.54, 1.807) is 6.07 Å². The van der Waals surface area contributed by atoms with Crippen molar-refractivity contribution in [3.8, 4) is 22.5 Å². The summed E-state index contributed by atoms with van der Waals surface area (Å²) in [5.41, 5.74) is 7.69. The minimum Gasteiger partial charge on any atom is -0.478 e. The highest BCUT2D eigenvalue weighted by molar-refractivity contribution is 5.95. The average molecular weight is 484 g/mol. The predicted molar refractivity (Wildman–Crippen MR) is 144 cm³/mol. The Hall–Kier alpha value is -3.77. The van der Waals surface area contributed by atoms with Crippen LogP contribution in [0, 0.1) is 0 Å². The molecule has 186 valence electrons. The van der Waals surface area contributed by atoms with Gasteiger partial charge in [0.15, 0.2) is 0 Å². The molecule has 0 unspecified atom stereocenters. The van der Waals surface area contributed by atoms with E-state index in [4.69, 9.17) is 4.52 Å². The quantitative estimate of drug-likeness (QED) is 0.329. The Balaban J connectivity index is 1.51. The van der Waals surface area contributed by atoms with Gasteiger partial charge in [0.05, 0.1) is 5.56 Å². The molecule has 1 aliphatic heterocycles. The Bertz CT molecular complexity index is 1310. The van der Waals surface area contributed by atoms with Crippen molar-refractivity contribution in [3.63, 3.8) is 0 Å². The highest BCUT2D eigenvalue weighted by Crippen LogP contribution is 2.30. The van der Waals surface area contributed by atoms with Crippen LogP contribution < -0.4 is 5.32 Å². The molecule has 3 aromatic rings. The number of aromatic carboxylic acids is 1. The van der Waals surface area contributed by atoms with Crippen LogP contribution in [-0.2, 0) is 6.42 Å². The van der Waals surface area contributed by atoms with Crippen molar-refractivity contribution < 1.29 is 14.4 Å². The number of nitrogens with zero attached hydrogens (tertiary/aromatic N) is 2. The molecule has 0 spiro atoms. The van der Waals surface area contributed by atoms with Crippen LogP contribution in [0.2, 0.25) is 0 Å². The molecule has 2 N–H and O–H groups in total. The van der Waals surface area contributed by atoms with Crippen LogP contribution in [0.5, 0.6) is 0 Å². The number of hydrogen-bond acceptors (Lipinski definition) is 5. The van der Waals surface area contributed by atoms with Crippen molar-refractivity contribution in [1.82, 2.24) is 15.5 Å². The number of carbonyl (C=O) groups is 1. The van der Waals surface area contributed by atoms with Crippen molar-refractivity contribution in [3.05, 3.63) is 88.9 Å². The molecule has 0 fully saturated rings. The minimum atomic E-state index is -0.905. The van der Waals surface area contributed by atoms with E-state index in [2.05, 4.69) is 54.5 Å². The van der Waals surface area contributed by atoms with E-state index in [0.717, 1.165) is 60.2 Å². The second-order valence-corrected chi connectivity index (χ2v) is 9.05. The van der Waals surface area contributed by atoms with Crippen molar-refractivity contribution in [1.29, 1.82) is 0 Å². The summed E-state index contributed by atoms with van der Waals surface area (Å²) in [5, 5.41) is 17.1. The van der Waals surface area contributed by atoms with Crippen LogP contribution in [-0.4, -0.2) is 34.3 Å². The number of hydrogen-bond donors (Lipinski definition) is 2. The summed E-state index contributed by atoms with van der Waals surface area (Å²) in [5.74, 6) is 0.290. The monoisotopic (exact) mass is 483 g/mol. The highest BCUT2D eigenvalue weighted by Gasteiger charge is 2.17. The molecule has 4 rings (SSSR count). The number of benzene rings is 2. The van der Waals surface area contributed by atoms with Gasteiger partial charge in [0.2, 0.25) is 11.7 Å². The first-order valence-electron chi connectivity index (χ1n) is 12.5. The third-order valence-electron chi connectivity index (χ3n) is 6.59. The van der Waals surface area contributed by atoms with Crippen LogP contribution in [0.1, 0.15) is 61.8 Å². The van der Waals surface area contributed by atoms with Crippen LogP contribution in [0.15, 0.2) is 76.4 Å². The fraction of sp³-hybridized carbons (Fsp3) is 0.300. The Kier molecular flexibility index (Phi) is 8.28. The van der Waals surface area contributed by atoms with Gasteiger partial charge >= 0.3 is 5.97 Å². The molecule has 0 saturated carbocycles. The van der Waals surface area contributed by atoms with Gasteiger partial charge in [-0.05, 0) is 74.1 Å². The van der Waals surface area contributed by atoms with Gasteiger partial charge in [-0.25, -0.2) is 4.79 Å². The lowest BCUT2D eigenvalue weighted by Crippen LogP contribution is -2.20. The fourth-order valence-corrected chi connectivity index (χ4v) is 4.30. The van der Waals surface area contributed by atoms with Gasteiger partial charge in [-0.2, -0.15) is 4.98 Å². The van der Waals surface area contributed by atoms with Crippen LogP contribution in [0.3, 0.4) is 0 Å². The first-order valence-corrected chi connectivity index (χ1v) is 12.5. The van der Waals surface area contributed by atoms with Gasteiger partial charge in [0, 0.05) is 18.5 Å². The number of allylic oxidation sites excluding steroid dienone is 4. The zero-order chi connectivity index (χ0) is 25.5. The second-order valence-electron chi connectivity index (χ2n) is 9.05. The summed E-state index contributed by atoms with van der Waals surface area (Å²) < 4.78 is 5.50. The molecule has 0 atom stereocenters. The van der Waals surface area contributed by atoms with Crippen molar-refractivity contribution >= 4 is 11.5 Å². The molecule has 0 aliphatic carbocycles. The van der Waals surface area contributed by atoms with Crippen molar-refractivity contribution in [2.24, 2.45) is 0 Å². The summed E-state index contributed by atoms with van der Waals surface area (Å²) >= 11 is 0. The maximum atomic E-state index is 11.8. The minimum absolute atomic E-state index is 0.337. The lowest BCUT2D eigenvalue weighted by molar-refractivity contribution is 0.0696. The summed E-state index contributed by atoms with van der Waals surface area (Å²) in [6.07, 6.45) is 9.84. The lowest BCUT2D eigenvalue weighted by atomic mass is 9.91. The maximum Gasteiger partial charge on any atom is 0.336 e. The van der Waals surface area contributed by atoms with Crippen molar-refractivity contribution in [2.75, 3.05) is 13.1 Å². The van der Waals surface area contributed by atoms with Gasteiger partial charge < -0.3 is 14.9 Å². The van der Waals surface area contributed by atoms with E-state index in [9.17, 15) is 9.90 Å². The lowest BCUT2D eigenvalue weighted by Gasteiger charge is -2.17. The normalized spacial score (nSPS) is 14.6. The Morgan fingerprint density at radius 1 is 1.14 bits per heavy atom. The molecule has 2 heterocycles. The molecule has 6 nitrogen and oxygen atoms in total. The molecule has 1 aromatic heterocycles. The number of rotatable bonds is 9. The van der Waals surface area contributed by atoms with Gasteiger partial charge in [-0.1, -0.05) is 71.8 Å². The molecule has 2 aromatic carbocycles. The van der Waals surface area contributed by atoms with Crippen molar-refractivity contribution in [2.45, 2.75) is 46.5 Å². The number of carboxylic acid groups (broad SMARTS) is 1. The van der Waals surface area contributed by atoms with E-state index in [1.165, 1.54) is 11.1 Å². The topological polar surface area (TPSA) is 88.2 Å². The SMILES string of the molecule is C/C=C(\C=C(\C)CC)CCc1nc(-c2ccc(-c3ccc(C(=O)O)c(C4=CCNCC4)c3)cc2)no1. The Morgan fingerprint density at radius 2 is 1.89 bits per heavy atom. The molecule has 36 heavy (non-hydrogen) atoms. The fourth-order valence-electron chi connectivity index (χ4n) is 4.30. The average Bonchev–Trinajstić information content (AvgIpc) is 3.40. The van der Waals surface area contributed by atoms with Crippen LogP contribution in [0.4, 0.5) is 0 Å². The predicted octanol–water partition coefficient (Wildman–Crippen LogP) is 6.71. The van der Waals surface area contributed by atoms with Crippen LogP contribution in [0.25, 0.3) is 28.1 Å². The van der Waals surface area contributed by atoms with E-state index in [1.807, 2.05) is 36.4 Å². The van der Waals surface area contributed by atoms with E-state index >= 15 is 0 Å². The van der Waals surface area contributed by atoms with E-state index < -0.39 is 5.97 Å². The zero-order valence-electron chi connectivity index (χ0n) is 21.2. The largest absolute Gasteiger partial charge is 0.478 e. The van der Waals surface area contributed by atoms with Crippen LogP contribution >= 0.6 is 0 Å². The third-order valence-corrected chi connectivity index (χ3v) is 6.59. The van der Waals surface area contributed by atoms with E-state index in [-0.39, 0.29) is 0 Å². The summed E-state index contributed by atoms with van der Waals surface area (Å²) in [4.78, 5) is 16.4. The Labute approximate surface area is 212 Å². The van der Waals surface area contributed by atoms with Gasteiger partial charge in [-0.15, -0.1) is 0 Å². The smallest absolute Gasteiger partial charge is 0.336 e. The molecule has 0 radical (unpaired) electrons. The standard InChI is InChI=1S/C30H33N3O3/c1-4-20(3)18-21(5-2)6-13-28-32-29(33-36-28)24-9-7-22(8-10-24)25-11-12-26(30(34)35)27(19-25)23-14-16-31-17-15-23/h5,7-12,14,18-19,31H,4,6,13,15-17H2,1-3H3,(H,34,35)/b20-18-,21-5-. The summed E-state index contributed by atoms with van der Waals surface area (Å²) in [6, 6.07) is 13.5. The molecular weight excluding hydrogens is 450 g/mol. The first-order chi connectivity index (χ1) is 17.5. The highest BCUT2D eigenvalue weighted by atomic mass is 16.5. The number of aromatic nitrogens is 2. The number of nitrogens with one attached hydrogen (secondary N) is 1. The number of aryl methyl sites for hydroxylation is 1. The Morgan fingerprint density at radius 3 is 2.56 bits per heavy atom. The second kappa shape index (κ2) is 11.8. The summed E-state index contributed by atoms with van der Waals surface area (Å²) in [6.45, 7) is 7.96. The maximum absolute atomic E-state index is 11.8. The van der Waals surface area contributed by atoms with Gasteiger partial charge in [0.25, 0.3) is 0 Å². The molecule has 0 bridgehead atoms. The zero-order valence-corrected chi connectivity index (χ0v) is 21.2.